The SMILES string of the molecule is CC(C)(C)O.[Ba+2].[H-].[H-]. The van der Waals surface area contributed by atoms with Crippen molar-refractivity contribution in [1.82, 2.24) is 0 Å². The molecule has 0 atom stereocenters. The van der Waals surface area contributed by atoms with Crippen LogP contribution in [0.25, 0.3) is 0 Å². The molecule has 0 rings (SSSR count). The largest absolute Gasteiger partial charge is 2.00 e. The first-order valence-electron chi connectivity index (χ1n) is 1.72. The van der Waals surface area contributed by atoms with Gasteiger partial charge < -0.3 is 7.96 Å². The van der Waals surface area contributed by atoms with Crippen LogP contribution in [0, 0.1) is 0 Å². The van der Waals surface area contributed by atoms with Crippen molar-refractivity contribution in [1.29, 1.82) is 0 Å². The fraction of sp³-hybridized carbons (Fsp3) is 1.00. The van der Waals surface area contributed by atoms with Crippen molar-refractivity contribution in [2.24, 2.45) is 0 Å². The van der Waals surface area contributed by atoms with Crippen LogP contribution in [0.3, 0.4) is 0 Å². The van der Waals surface area contributed by atoms with E-state index in [1.54, 1.807) is 20.8 Å². The molecule has 0 unspecified atom stereocenters. The van der Waals surface area contributed by atoms with E-state index in [0.717, 1.165) is 0 Å². The zero-order chi connectivity index (χ0) is 4.50. The third-order valence-electron chi connectivity index (χ3n) is 0. The normalized spacial score (nSPS) is 10.0. The van der Waals surface area contributed by atoms with Crippen LogP contribution in [-0.2, 0) is 0 Å². The van der Waals surface area contributed by atoms with E-state index in [4.69, 9.17) is 5.11 Å². The van der Waals surface area contributed by atoms with E-state index < -0.39 is 5.60 Å². The fourth-order valence-corrected chi connectivity index (χ4v) is 0. The van der Waals surface area contributed by atoms with Gasteiger partial charge in [-0.2, -0.15) is 0 Å². The summed E-state index contributed by atoms with van der Waals surface area (Å²) >= 11 is 0. The Labute approximate surface area is 82.2 Å². The first kappa shape index (κ1) is 10.5. The molecule has 0 saturated heterocycles. The van der Waals surface area contributed by atoms with Crippen molar-refractivity contribution in [3.05, 3.63) is 0 Å². The summed E-state index contributed by atoms with van der Waals surface area (Å²) in [7, 11) is 0. The van der Waals surface area contributed by atoms with Gasteiger partial charge in [0.05, 0.1) is 5.60 Å². The van der Waals surface area contributed by atoms with E-state index in [1.165, 1.54) is 0 Å². The Morgan fingerprint density at radius 3 is 1.33 bits per heavy atom. The average Bonchev–Trinajstić information content (AvgIpc) is 0.722. The van der Waals surface area contributed by atoms with Crippen molar-refractivity contribution in [2.45, 2.75) is 26.4 Å². The van der Waals surface area contributed by atoms with Gasteiger partial charge in [0.2, 0.25) is 0 Å². The van der Waals surface area contributed by atoms with E-state index in [9.17, 15) is 0 Å². The van der Waals surface area contributed by atoms with Crippen LogP contribution in [0.1, 0.15) is 23.6 Å². The maximum absolute atomic E-state index is 8.52. The van der Waals surface area contributed by atoms with Gasteiger partial charge in [-0.05, 0) is 20.8 Å². The van der Waals surface area contributed by atoms with E-state index >= 15 is 0 Å². The Morgan fingerprint density at radius 2 is 1.33 bits per heavy atom. The van der Waals surface area contributed by atoms with Gasteiger partial charge in [-0.25, -0.2) is 0 Å². The summed E-state index contributed by atoms with van der Waals surface area (Å²) in [6.45, 7) is 5.23. The van der Waals surface area contributed by atoms with Crippen molar-refractivity contribution < 1.29 is 7.96 Å². The van der Waals surface area contributed by atoms with Crippen LogP contribution in [0.5, 0.6) is 0 Å². The molecule has 36 valence electrons. The van der Waals surface area contributed by atoms with Gasteiger partial charge in [0.25, 0.3) is 0 Å². The Hall–Kier alpha value is 1.53. The standard InChI is InChI=1S/C4H10O.Ba.2H/c1-4(2,3)5;;;/h5H,1-3H3;;;/q;+2;2*-1. The maximum atomic E-state index is 8.52. The summed E-state index contributed by atoms with van der Waals surface area (Å²) in [5.41, 5.74) is -0.500. The molecule has 0 aliphatic carbocycles. The Bertz CT molecular complexity index is 29.5. The van der Waals surface area contributed by atoms with Crippen LogP contribution in [0.4, 0.5) is 0 Å². The van der Waals surface area contributed by atoms with E-state index in [1.807, 2.05) is 0 Å². The summed E-state index contributed by atoms with van der Waals surface area (Å²) < 4.78 is 0. The smallest absolute Gasteiger partial charge is 1.00 e. The molecule has 1 nitrogen and oxygen atoms in total. The Balaban J connectivity index is -0.0000000267. The number of hydrogen-bond donors (Lipinski definition) is 1. The topological polar surface area (TPSA) is 20.2 Å². The van der Waals surface area contributed by atoms with Crippen molar-refractivity contribution in [3.63, 3.8) is 0 Å². The van der Waals surface area contributed by atoms with Gasteiger partial charge in [-0.3, -0.25) is 0 Å². The number of rotatable bonds is 0. The van der Waals surface area contributed by atoms with E-state index in [2.05, 4.69) is 0 Å². The van der Waals surface area contributed by atoms with E-state index in [-0.39, 0.29) is 51.7 Å². The van der Waals surface area contributed by atoms with Gasteiger partial charge in [0.1, 0.15) is 0 Å². The minimum Gasteiger partial charge on any atom is -1.00 e. The Morgan fingerprint density at radius 1 is 1.33 bits per heavy atom. The van der Waals surface area contributed by atoms with Crippen LogP contribution >= 0.6 is 0 Å². The molecule has 0 aliphatic rings. The van der Waals surface area contributed by atoms with Crippen molar-refractivity contribution in [3.8, 4) is 0 Å². The predicted octanol–water partition coefficient (Wildman–Crippen LogP) is 0.621. The minimum atomic E-state index is -0.500. The third-order valence-corrected chi connectivity index (χ3v) is 0. The molecule has 0 aromatic rings. The zero-order valence-corrected chi connectivity index (χ0v) is 9.10. The van der Waals surface area contributed by atoms with Crippen molar-refractivity contribution >= 4 is 48.9 Å². The molecule has 0 aromatic carbocycles. The summed E-state index contributed by atoms with van der Waals surface area (Å²) in [4.78, 5) is 0. The summed E-state index contributed by atoms with van der Waals surface area (Å²) in [6.07, 6.45) is 0. The average molecular weight is 213 g/mol. The quantitative estimate of drug-likeness (QED) is 0.585. The zero-order valence-electron chi connectivity index (χ0n) is 6.65. The predicted molar refractivity (Wildman–Crippen MR) is 29.9 cm³/mol. The van der Waals surface area contributed by atoms with Gasteiger partial charge >= 0.3 is 48.9 Å². The first-order valence-corrected chi connectivity index (χ1v) is 1.72. The van der Waals surface area contributed by atoms with Gasteiger partial charge in [-0.15, -0.1) is 0 Å². The molecule has 1 N–H and O–H groups in total. The summed E-state index contributed by atoms with van der Waals surface area (Å²) in [5.74, 6) is 0. The summed E-state index contributed by atoms with van der Waals surface area (Å²) in [5, 5.41) is 8.52. The molecule has 0 fully saturated rings. The monoisotopic (exact) mass is 214 g/mol. The molecule has 6 heavy (non-hydrogen) atoms. The molecule has 0 aromatic heterocycles. The number of aliphatic hydroxyl groups is 1. The second kappa shape index (κ2) is 3.52. The second-order valence-corrected chi connectivity index (χ2v) is 2.17. The summed E-state index contributed by atoms with van der Waals surface area (Å²) in [6, 6.07) is 0. The van der Waals surface area contributed by atoms with Gasteiger partial charge in [-0.1, -0.05) is 0 Å². The maximum Gasteiger partial charge on any atom is 2.00 e. The van der Waals surface area contributed by atoms with Crippen LogP contribution < -0.4 is 0 Å². The third kappa shape index (κ3) is 48.4. The second-order valence-electron chi connectivity index (χ2n) is 2.17. The molecule has 0 amide bonds. The number of hydrogen-bond acceptors (Lipinski definition) is 1. The van der Waals surface area contributed by atoms with Crippen molar-refractivity contribution in [2.75, 3.05) is 0 Å². The fourth-order valence-electron chi connectivity index (χ4n) is 0. The minimum absolute atomic E-state index is 0. The molecule has 0 bridgehead atoms. The molecule has 0 saturated carbocycles. The van der Waals surface area contributed by atoms with Crippen LogP contribution in [0.15, 0.2) is 0 Å². The molecule has 2 heteroatoms. The van der Waals surface area contributed by atoms with Gasteiger partial charge in [0.15, 0.2) is 0 Å². The molecule has 0 spiro atoms. The van der Waals surface area contributed by atoms with Gasteiger partial charge in [0, 0.05) is 0 Å². The first-order chi connectivity index (χ1) is 2.00. The van der Waals surface area contributed by atoms with Crippen LogP contribution in [-0.4, -0.2) is 59.6 Å². The molecule has 0 aliphatic heterocycles. The molecule has 0 heterocycles. The molecule has 0 radical (unpaired) electrons. The Kier molecular flexibility index (Phi) is 6.17. The van der Waals surface area contributed by atoms with Crippen LogP contribution in [0.2, 0.25) is 0 Å². The molecular weight excluding hydrogens is 201 g/mol. The molecular formula is C4H12BaO. The van der Waals surface area contributed by atoms with E-state index in [0.29, 0.717) is 0 Å².